The second-order valence-electron chi connectivity index (χ2n) is 8.02. The van der Waals surface area contributed by atoms with E-state index in [0.717, 1.165) is 22.6 Å². The standard InChI is InChI=1S/C26H25N5O4/c1-17-14-28-26(29-20-7-8-22-23(13-20)35-16-34-22)30-24(17)31-12-10-19(15-31)25(32)27-11-9-18-5-3-4-6-21(18)33-2/h3-8,10,12-15H,9,11,16H2,1-2H3,(H,27,32)(H,28,29,30). The number of fused-ring (bicyclic) bond motifs is 1. The zero-order valence-electron chi connectivity index (χ0n) is 19.4. The van der Waals surface area contributed by atoms with Gasteiger partial charge in [0.25, 0.3) is 5.91 Å². The summed E-state index contributed by atoms with van der Waals surface area (Å²) in [5.41, 5.74) is 3.26. The summed E-state index contributed by atoms with van der Waals surface area (Å²) in [4.78, 5) is 21.7. The van der Waals surface area contributed by atoms with Gasteiger partial charge in [-0.2, -0.15) is 4.98 Å². The Morgan fingerprint density at radius 3 is 2.89 bits per heavy atom. The zero-order valence-corrected chi connectivity index (χ0v) is 19.4. The molecule has 2 aromatic heterocycles. The summed E-state index contributed by atoms with van der Waals surface area (Å²) < 4.78 is 18.0. The minimum absolute atomic E-state index is 0.149. The van der Waals surface area contributed by atoms with Gasteiger partial charge in [-0.3, -0.25) is 4.79 Å². The van der Waals surface area contributed by atoms with Crippen LogP contribution in [0.1, 0.15) is 21.5 Å². The summed E-state index contributed by atoms with van der Waals surface area (Å²) in [5, 5.41) is 6.16. The van der Waals surface area contributed by atoms with Gasteiger partial charge in [0.15, 0.2) is 11.5 Å². The molecule has 35 heavy (non-hydrogen) atoms. The lowest BCUT2D eigenvalue weighted by atomic mass is 10.1. The summed E-state index contributed by atoms with van der Waals surface area (Å²) in [6.07, 6.45) is 5.99. The number of benzene rings is 2. The quantitative estimate of drug-likeness (QED) is 0.400. The van der Waals surface area contributed by atoms with Gasteiger partial charge in [-0.05, 0) is 43.2 Å². The molecule has 0 aliphatic carbocycles. The van der Waals surface area contributed by atoms with E-state index in [2.05, 4.69) is 20.6 Å². The topological polar surface area (TPSA) is 99.5 Å². The monoisotopic (exact) mass is 471 g/mol. The van der Waals surface area contributed by atoms with Crippen LogP contribution in [0, 0.1) is 6.92 Å². The number of para-hydroxylation sites is 1. The molecule has 2 aromatic carbocycles. The molecule has 0 saturated heterocycles. The lowest BCUT2D eigenvalue weighted by Crippen LogP contribution is -2.25. The van der Waals surface area contributed by atoms with Gasteiger partial charge in [-0.1, -0.05) is 18.2 Å². The molecule has 0 saturated carbocycles. The molecule has 9 heteroatoms. The Morgan fingerprint density at radius 2 is 2.00 bits per heavy atom. The number of nitrogens with zero attached hydrogens (tertiary/aromatic N) is 3. The molecule has 0 spiro atoms. The van der Waals surface area contributed by atoms with Crippen molar-refractivity contribution in [3.8, 4) is 23.1 Å². The fourth-order valence-electron chi connectivity index (χ4n) is 3.84. The molecule has 3 heterocycles. The summed E-state index contributed by atoms with van der Waals surface area (Å²) in [6.45, 7) is 2.64. The molecular weight excluding hydrogens is 446 g/mol. The molecule has 1 amide bonds. The third-order valence-electron chi connectivity index (χ3n) is 5.65. The third kappa shape index (κ3) is 4.89. The number of amides is 1. The number of aryl methyl sites for hydroxylation is 1. The van der Waals surface area contributed by atoms with E-state index in [-0.39, 0.29) is 12.7 Å². The Labute approximate surface area is 202 Å². The molecule has 0 atom stereocenters. The van der Waals surface area contributed by atoms with E-state index >= 15 is 0 Å². The fourth-order valence-corrected chi connectivity index (χ4v) is 3.84. The Balaban J connectivity index is 1.26. The second-order valence-corrected chi connectivity index (χ2v) is 8.02. The highest BCUT2D eigenvalue weighted by atomic mass is 16.7. The number of aromatic nitrogens is 3. The van der Waals surface area contributed by atoms with Gasteiger partial charge in [0.05, 0.1) is 12.7 Å². The number of hydrogen-bond donors (Lipinski definition) is 2. The normalized spacial score (nSPS) is 11.8. The number of nitrogens with one attached hydrogen (secondary N) is 2. The van der Waals surface area contributed by atoms with E-state index in [1.165, 1.54) is 0 Å². The van der Waals surface area contributed by atoms with E-state index < -0.39 is 0 Å². The van der Waals surface area contributed by atoms with Gasteiger partial charge >= 0.3 is 0 Å². The molecule has 1 aliphatic heterocycles. The van der Waals surface area contributed by atoms with E-state index in [9.17, 15) is 4.79 Å². The van der Waals surface area contributed by atoms with Crippen LogP contribution in [-0.2, 0) is 6.42 Å². The van der Waals surface area contributed by atoms with Crippen molar-refractivity contribution in [3.05, 3.63) is 83.8 Å². The first kappa shape index (κ1) is 22.3. The number of rotatable bonds is 8. The van der Waals surface area contributed by atoms with Gasteiger partial charge < -0.3 is 29.4 Å². The SMILES string of the molecule is COc1ccccc1CCNC(=O)c1ccn(-c2nc(Nc3ccc4c(c3)OCO4)ncc2C)c1. The maximum atomic E-state index is 12.7. The van der Waals surface area contributed by atoms with E-state index in [0.29, 0.717) is 41.8 Å². The van der Waals surface area contributed by atoms with Crippen molar-refractivity contribution in [2.24, 2.45) is 0 Å². The molecule has 1 aliphatic rings. The smallest absolute Gasteiger partial charge is 0.252 e. The summed E-state index contributed by atoms with van der Waals surface area (Å²) in [7, 11) is 1.64. The lowest BCUT2D eigenvalue weighted by molar-refractivity contribution is 0.0954. The predicted molar refractivity (Wildman–Crippen MR) is 131 cm³/mol. The molecule has 2 N–H and O–H groups in total. The third-order valence-corrected chi connectivity index (χ3v) is 5.65. The molecule has 9 nitrogen and oxygen atoms in total. The summed E-state index contributed by atoms with van der Waals surface area (Å²) in [6, 6.07) is 15.1. The van der Waals surface area contributed by atoms with E-state index in [4.69, 9.17) is 14.2 Å². The second kappa shape index (κ2) is 9.76. The van der Waals surface area contributed by atoms with Crippen LogP contribution < -0.4 is 24.8 Å². The van der Waals surface area contributed by atoms with Crippen LogP contribution in [0.5, 0.6) is 17.2 Å². The number of methoxy groups -OCH3 is 1. The molecule has 0 radical (unpaired) electrons. The molecule has 0 unspecified atom stereocenters. The lowest BCUT2D eigenvalue weighted by Gasteiger charge is -2.10. The Morgan fingerprint density at radius 1 is 1.14 bits per heavy atom. The Hall–Kier alpha value is -4.53. The first-order valence-electron chi connectivity index (χ1n) is 11.2. The number of hydrogen-bond acceptors (Lipinski definition) is 7. The van der Waals surface area contributed by atoms with Crippen LogP contribution in [-0.4, -0.2) is 40.9 Å². The number of carbonyl (C=O) groups excluding carboxylic acids is 1. The van der Waals surface area contributed by atoms with Crippen molar-refractivity contribution >= 4 is 17.5 Å². The highest BCUT2D eigenvalue weighted by molar-refractivity contribution is 5.94. The van der Waals surface area contributed by atoms with Crippen LogP contribution in [0.2, 0.25) is 0 Å². The average molecular weight is 472 g/mol. The maximum absolute atomic E-state index is 12.7. The van der Waals surface area contributed by atoms with Gasteiger partial charge in [0, 0.05) is 42.5 Å². The Kier molecular flexibility index (Phi) is 6.21. The van der Waals surface area contributed by atoms with Crippen LogP contribution in [0.3, 0.4) is 0 Å². The van der Waals surface area contributed by atoms with Gasteiger partial charge in [0.2, 0.25) is 12.7 Å². The van der Waals surface area contributed by atoms with Gasteiger partial charge in [-0.15, -0.1) is 0 Å². The minimum Gasteiger partial charge on any atom is -0.496 e. The van der Waals surface area contributed by atoms with Crippen LogP contribution in [0.25, 0.3) is 5.82 Å². The molecule has 178 valence electrons. The maximum Gasteiger partial charge on any atom is 0.252 e. The molecule has 5 rings (SSSR count). The van der Waals surface area contributed by atoms with E-state index in [1.807, 2.05) is 60.2 Å². The van der Waals surface area contributed by atoms with Crippen LogP contribution in [0.15, 0.2) is 67.1 Å². The van der Waals surface area contributed by atoms with Crippen molar-refractivity contribution in [1.29, 1.82) is 0 Å². The molecule has 4 aromatic rings. The fraction of sp³-hybridized carbons (Fsp3) is 0.192. The number of anilines is 2. The zero-order chi connectivity index (χ0) is 24.2. The molecular formula is C26H25N5O4. The van der Waals surface area contributed by atoms with Crippen molar-refractivity contribution in [1.82, 2.24) is 19.9 Å². The van der Waals surface area contributed by atoms with Crippen molar-refractivity contribution in [2.45, 2.75) is 13.3 Å². The van der Waals surface area contributed by atoms with Crippen molar-refractivity contribution in [3.63, 3.8) is 0 Å². The van der Waals surface area contributed by atoms with Crippen molar-refractivity contribution < 1.29 is 19.0 Å². The van der Waals surface area contributed by atoms with Gasteiger partial charge in [0.1, 0.15) is 11.6 Å². The largest absolute Gasteiger partial charge is 0.496 e. The summed E-state index contributed by atoms with van der Waals surface area (Å²) in [5.74, 6) is 3.16. The van der Waals surface area contributed by atoms with Crippen LogP contribution >= 0.6 is 0 Å². The first-order valence-corrected chi connectivity index (χ1v) is 11.2. The van der Waals surface area contributed by atoms with E-state index in [1.54, 1.807) is 25.6 Å². The highest BCUT2D eigenvalue weighted by Crippen LogP contribution is 2.34. The highest BCUT2D eigenvalue weighted by Gasteiger charge is 2.15. The first-order chi connectivity index (χ1) is 17.1. The molecule has 0 fully saturated rings. The van der Waals surface area contributed by atoms with Crippen molar-refractivity contribution in [2.75, 3.05) is 25.8 Å². The Bertz CT molecular complexity index is 1370. The number of carbonyl (C=O) groups is 1. The van der Waals surface area contributed by atoms with Crippen LogP contribution in [0.4, 0.5) is 11.6 Å². The average Bonchev–Trinajstić information content (AvgIpc) is 3.55. The predicted octanol–water partition coefficient (Wildman–Crippen LogP) is 4.03. The van der Waals surface area contributed by atoms with Gasteiger partial charge in [-0.25, -0.2) is 4.98 Å². The number of ether oxygens (including phenoxy) is 3. The summed E-state index contributed by atoms with van der Waals surface area (Å²) >= 11 is 0. The molecule has 0 bridgehead atoms. The minimum atomic E-state index is -0.149.